The summed E-state index contributed by atoms with van der Waals surface area (Å²) in [6.45, 7) is 1.96. The van der Waals surface area contributed by atoms with Crippen LogP contribution in [0.2, 0.25) is 0 Å². The minimum atomic E-state index is -0.174. The van der Waals surface area contributed by atoms with E-state index in [-0.39, 0.29) is 11.9 Å². The zero-order chi connectivity index (χ0) is 14.4. The molecular formula is C14H18N4O2. The van der Waals surface area contributed by atoms with Crippen LogP contribution in [0, 0.1) is 0 Å². The standard InChI is InChI=1S/C14H18N4O2/c1-10(4-5-11-3-2-8-20-11)17-14(19)12-6-7-16-9-13(12)18-15/h2-3,6-10,18H,4-5,15H2,1H3,(H,17,19). The van der Waals surface area contributed by atoms with E-state index in [2.05, 4.69) is 15.7 Å². The number of hydrogen-bond donors (Lipinski definition) is 3. The largest absolute Gasteiger partial charge is 0.469 e. The van der Waals surface area contributed by atoms with Gasteiger partial charge >= 0.3 is 0 Å². The lowest BCUT2D eigenvalue weighted by molar-refractivity contribution is 0.0939. The molecule has 106 valence electrons. The van der Waals surface area contributed by atoms with Gasteiger partial charge in [-0.05, 0) is 31.5 Å². The third-order valence-electron chi connectivity index (χ3n) is 3.00. The molecule has 0 saturated heterocycles. The summed E-state index contributed by atoms with van der Waals surface area (Å²) in [4.78, 5) is 16.1. The number of anilines is 1. The van der Waals surface area contributed by atoms with Crippen molar-refractivity contribution in [3.05, 3.63) is 48.2 Å². The van der Waals surface area contributed by atoms with Crippen LogP contribution in [-0.4, -0.2) is 16.9 Å². The molecule has 4 N–H and O–H groups in total. The van der Waals surface area contributed by atoms with Crippen LogP contribution in [0.3, 0.4) is 0 Å². The summed E-state index contributed by atoms with van der Waals surface area (Å²) in [5, 5.41) is 2.93. The molecule has 0 saturated carbocycles. The molecule has 0 aliphatic rings. The predicted octanol–water partition coefficient (Wildman–Crippen LogP) is 1.71. The van der Waals surface area contributed by atoms with E-state index >= 15 is 0 Å². The van der Waals surface area contributed by atoms with Gasteiger partial charge in [0.05, 0.1) is 23.7 Å². The molecule has 2 aromatic heterocycles. The number of nitrogen functional groups attached to an aromatic ring is 1. The number of amides is 1. The topological polar surface area (TPSA) is 93.2 Å². The van der Waals surface area contributed by atoms with Crippen molar-refractivity contribution in [3.8, 4) is 0 Å². The Balaban J connectivity index is 1.90. The van der Waals surface area contributed by atoms with Crippen molar-refractivity contribution < 1.29 is 9.21 Å². The molecular weight excluding hydrogens is 256 g/mol. The van der Waals surface area contributed by atoms with E-state index in [1.54, 1.807) is 18.5 Å². The molecule has 0 aromatic carbocycles. The predicted molar refractivity (Wildman–Crippen MR) is 76.0 cm³/mol. The second kappa shape index (κ2) is 6.72. The van der Waals surface area contributed by atoms with Gasteiger partial charge in [-0.15, -0.1) is 0 Å². The van der Waals surface area contributed by atoms with E-state index in [0.717, 1.165) is 18.6 Å². The van der Waals surface area contributed by atoms with Crippen LogP contribution in [0.1, 0.15) is 29.5 Å². The fourth-order valence-electron chi connectivity index (χ4n) is 1.89. The number of nitrogens with one attached hydrogen (secondary N) is 2. The van der Waals surface area contributed by atoms with Crippen LogP contribution in [0.5, 0.6) is 0 Å². The summed E-state index contributed by atoms with van der Waals surface area (Å²) in [5.41, 5.74) is 3.45. The van der Waals surface area contributed by atoms with Gasteiger partial charge in [0, 0.05) is 18.7 Å². The number of carbonyl (C=O) groups excluding carboxylic acids is 1. The highest BCUT2D eigenvalue weighted by Crippen LogP contribution is 2.12. The quantitative estimate of drug-likeness (QED) is 0.551. The van der Waals surface area contributed by atoms with Gasteiger partial charge in [-0.25, -0.2) is 0 Å². The molecule has 0 radical (unpaired) electrons. The van der Waals surface area contributed by atoms with Gasteiger partial charge in [-0.2, -0.15) is 0 Å². The zero-order valence-corrected chi connectivity index (χ0v) is 11.3. The molecule has 1 unspecified atom stereocenters. The normalized spacial score (nSPS) is 11.9. The van der Waals surface area contributed by atoms with Crippen molar-refractivity contribution in [2.75, 3.05) is 5.43 Å². The average molecular weight is 274 g/mol. The molecule has 6 nitrogen and oxygen atoms in total. The van der Waals surface area contributed by atoms with Crippen molar-refractivity contribution >= 4 is 11.6 Å². The van der Waals surface area contributed by atoms with E-state index in [1.807, 2.05) is 19.1 Å². The Hall–Kier alpha value is -2.34. The Morgan fingerprint density at radius 2 is 2.35 bits per heavy atom. The molecule has 0 aliphatic heterocycles. The molecule has 0 fully saturated rings. The minimum absolute atomic E-state index is 0.0337. The smallest absolute Gasteiger partial charge is 0.253 e. The van der Waals surface area contributed by atoms with Crippen LogP contribution < -0.4 is 16.6 Å². The number of hydrogen-bond acceptors (Lipinski definition) is 5. The lowest BCUT2D eigenvalue weighted by atomic mass is 10.1. The Labute approximate surface area is 117 Å². The maximum absolute atomic E-state index is 12.1. The molecule has 2 aromatic rings. The summed E-state index contributed by atoms with van der Waals surface area (Å²) in [6, 6.07) is 5.44. The van der Waals surface area contributed by atoms with Crippen molar-refractivity contribution in [3.63, 3.8) is 0 Å². The first-order valence-corrected chi connectivity index (χ1v) is 6.44. The van der Waals surface area contributed by atoms with Crippen LogP contribution in [-0.2, 0) is 6.42 Å². The summed E-state index contributed by atoms with van der Waals surface area (Å²) < 4.78 is 5.26. The van der Waals surface area contributed by atoms with Gasteiger partial charge in [-0.1, -0.05) is 0 Å². The van der Waals surface area contributed by atoms with Gasteiger partial charge in [0.2, 0.25) is 0 Å². The molecule has 0 aliphatic carbocycles. The Morgan fingerprint density at radius 3 is 3.05 bits per heavy atom. The number of nitrogens with two attached hydrogens (primary N) is 1. The van der Waals surface area contributed by atoms with E-state index < -0.39 is 0 Å². The average Bonchev–Trinajstić information content (AvgIpc) is 2.98. The lowest BCUT2D eigenvalue weighted by Crippen LogP contribution is -2.33. The maximum Gasteiger partial charge on any atom is 0.253 e. The highest BCUT2D eigenvalue weighted by Gasteiger charge is 2.13. The van der Waals surface area contributed by atoms with E-state index in [1.165, 1.54) is 6.20 Å². The van der Waals surface area contributed by atoms with Crippen molar-refractivity contribution in [2.45, 2.75) is 25.8 Å². The summed E-state index contributed by atoms with van der Waals surface area (Å²) in [5.74, 6) is 6.10. The first-order chi connectivity index (χ1) is 9.70. The molecule has 0 bridgehead atoms. The van der Waals surface area contributed by atoms with Gasteiger partial charge < -0.3 is 15.2 Å². The fourth-order valence-corrected chi connectivity index (χ4v) is 1.89. The number of hydrazine groups is 1. The minimum Gasteiger partial charge on any atom is -0.469 e. The number of rotatable bonds is 6. The van der Waals surface area contributed by atoms with Crippen LogP contribution >= 0.6 is 0 Å². The van der Waals surface area contributed by atoms with Gasteiger partial charge in [0.15, 0.2) is 0 Å². The van der Waals surface area contributed by atoms with E-state index in [0.29, 0.717) is 11.3 Å². The number of pyridine rings is 1. The van der Waals surface area contributed by atoms with E-state index in [4.69, 9.17) is 10.3 Å². The fraction of sp³-hybridized carbons (Fsp3) is 0.286. The number of nitrogens with zero attached hydrogens (tertiary/aromatic N) is 1. The SMILES string of the molecule is CC(CCc1ccco1)NC(=O)c1ccncc1NN. The number of aromatic nitrogens is 1. The Bertz CT molecular complexity index is 554. The van der Waals surface area contributed by atoms with Gasteiger partial charge in [-0.3, -0.25) is 15.6 Å². The Morgan fingerprint density at radius 1 is 1.50 bits per heavy atom. The first kappa shape index (κ1) is 14.1. The third kappa shape index (κ3) is 3.58. The maximum atomic E-state index is 12.1. The van der Waals surface area contributed by atoms with Crippen molar-refractivity contribution in [2.24, 2.45) is 5.84 Å². The summed E-state index contributed by atoms with van der Waals surface area (Å²) >= 11 is 0. The number of furan rings is 1. The van der Waals surface area contributed by atoms with Crippen LogP contribution in [0.15, 0.2) is 41.3 Å². The monoisotopic (exact) mass is 274 g/mol. The second-order valence-electron chi connectivity index (χ2n) is 4.56. The van der Waals surface area contributed by atoms with Gasteiger partial charge in [0.25, 0.3) is 5.91 Å². The van der Waals surface area contributed by atoms with Gasteiger partial charge in [0.1, 0.15) is 5.76 Å². The van der Waals surface area contributed by atoms with Crippen molar-refractivity contribution in [1.29, 1.82) is 0 Å². The summed E-state index contributed by atoms with van der Waals surface area (Å²) in [6.07, 6.45) is 6.31. The highest BCUT2D eigenvalue weighted by molar-refractivity contribution is 5.99. The van der Waals surface area contributed by atoms with Crippen molar-refractivity contribution in [1.82, 2.24) is 10.3 Å². The lowest BCUT2D eigenvalue weighted by Gasteiger charge is -2.14. The van der Waals surface area contributed by atoms with E-state index in [9.17, 15) is 4.79 Å². The molecule has 6 heteroatoms. The number of aryl methyl sites for hydroxylation is 1. The summed E-state index contributed by atoms with van der Waals surface area (Å²) in [7, 11) is 0. The molecule has 1 amide bonds. The third-order valence-corrected chi connectivity index (χ3v) is 3.00. The molecule has 20 heavy (non-hydrogen) atoms. The Kier molecular flexibility index (Phi) is 4.73. The van der Waals surface area contributed by atoms with Crippen LogP contribution in [0.4, 0.5) is 5.69 Å². The molecule has 0 spiro atoms. The highest BCUT2D eigenvalue weighted by atomic mass is 16.3. The molecule has 2 heterocycles. The zero-order valence-electron chi connectivity index (χ0n) is 11.3. The number of carbonyl (C=O) groups is 1. The molecule has 1 atom stereocenters. The first-order valence-electron chi connectivity index (χ1n) is 6.44. The second-order valence-corrected chi connectivity index (χ2v) is 4.56. The van der Waals surface area contributed by atoms with Crippen LogP contribution in [0.25, 0.3) is 0 Å². The molecule has 2 rings (SSSR count).